The Morgan fingerprint density at radius 3 is 2.35 bits per heavy atom. The van der Waals surface area contributed by atoms with Crippen LogP contribution in [0.3, 0.4) is 0 Å². The van der Waals surface area contributed by atoms with Crippen LogP contribution in [0.1, 0.15) is 39.2 Å². The molecule has 2 aromatic rings. The Labute approximate surface area is 161 Å². The van der Waals surface area contributed by atoms with Gasteiger partial charge in [0.25, 0.3) is 5.56 Å². The number of aromatic nitrogens is 2. The molecule has 0 unspecified atom stereocenters. The third-order valence-electron chi connectivity index (χ3n) is 3.08. The minimum atomic E-state index is -1.01. The molecule has 0 fully saturated rings. The lowest BCUT2D eigenvalue weighted by molar-refractivity contribution is -0.134. The van der Waals surface area contributed by atoms with Crippen molar-refractivity contribution in [2.45, 2.75) is 33.6 Å². The topological polar surface area (TPSA) is 104 Å². The second-order valence-corrected chi connectivity index (χ2v) is 6.08. The van der Waals surface area contributed by atoms with Gasteiger partial charge in [0.05, 0.1) is 10.0 Å². The van der Waals surface area contributed by atoms with Crippen LogP contribution in [0, 0.1) is 0 Å². The predicted molar refractivity (Wildman–Crippen MR) is 103 cm³/mol. The van der Waals surface area contributed by atoms with Crippen molar-refractivity contribution < 1.29 is 14.6 Å². The molecule has 0 saturated carbocycles. The first kappa shape index (κ1) is 21.8. The van der Waals surface area contributed by atoms with E-state index in [-0.39, 0.29) is 39.7 Å². The van der Waals surface area contributed by atoms with Crippen molar-refractivity contribution in [2.75, 3.05) is 11.9 Å². The number of carboxylic acids is 1. The number of ether oxygens (including phenoxy) is 1. The third-order valence-corrected chi connectivity index (χ3v) is 3.64. The molecule has 9 heteroatoms. The maximum Gasteiger partial charge on any atom is 0.322 e. The maximum atomic E-state index is 11.7. The van der Waals surface area contributed by atoms with Gasteiger partial charge < -0.3 is 15.2 Å². The number of carbonyl (C=O) groups is 1. The van der Waals surface area contributed by atoms with Gasteiger partial charge in [-0.3, -0.25) is 9.59 Å². The molecule has 0 radical (unpaired) electrons. The third kappa shape index (κ3) is 5.93. The average Bonchev–Trinajstić information content (AvgIpc) is 2.59. The number of benzene rings is 1. The zero-order chi connectivity index (χ0) is 19.9. The zero-order valence-electron chi connectivity index (χ0n) is 14.9. The van der Waals surface area contributed by atoms with E-state index in [0.29, 0.717) is 11.3 Å². The van der Waals surface area contributed by atoms with E-state index in [4.69, 9.17) is 33.0 Å². The molecule has 0 saturated heterocycles. The fourth-order valence-electron chi connectivity index (χ4n) is 1.92. The maximum absolute atomic E-state index is 11.7. The van der Waals surface area contributed by atoms with E-state index < -0.39 is 5.97 Å². The van der Waals surface area contributed by atoms with Gasteiger partial charge in [-0.05, 0) is 18.1 Å². The Morgan fingerprint density at radius 1 is 1.27 bits per heavy atom. The molecule has 1 aromatic carbocycles. The fraction of sp³-hybridized carbons (Fsp3) is 0.353. The summed E-state index contributed by atoms with van der Waals surface area (Å²) < 4.78 is 5.58. The number of anilines is 1. The van der Waals surface area contributed by atoms with E-state index >= 15 is 0 Å². The number of nitrogens with one attached hydrogen (secondary N) is 2. The van der Waals surface area contributed by atoms with Crippen LogP contribution in [0.2, 0.25) is 10.0 Å². The first-order valence-corrected chi connectivity index (χ1v) is 8.75. The normalized spacial score (nSPS) is 10.1. The van der Waals surface area contributed by atoms with Gasteiger partial charge in [0.1, 0.15) is 6.54 Å². The van der Waals surface area contributed by atoms with Crippen LogP contribution < -0.4 is 15.6 Å². The predicted octanol–water partition coefficient (Wildman–Crippen LogP) is 4.52. The Kier molecular flexibility index (Phi) is 8.41. The number of hydrogen-bond acceptors (Lipinski definition) is 5. The Morgan fingerprint density at radius 2 is 1.85 bits per heavy atom. The van der Waals surface area contributed by atoms with Crippen molar-refractivity contribution in [3.05, 3.63) is 44.2 Å². The second-order valence-electron chi connectivity index (χ2n) is 5.26. The van der Waals surface area contributed by atoms with Crippen LogP contribution in [0.25, 0.3) is 0 Å². The van der Waals surface area contributed by atoms with Gasteiger partial charge in [-0.2, -0.15) is 0 Å². The molecule has 1 aromatic heterocycles. The van der Waals surface area contributed by atoms with Gasteiger partial charge in [0.15, 0.2) is 5.75 Å². The molecule has 0 aliphatic rings. The highest BCUT2D eigenvalue weighted by Crippen LogP contribution is 2.38. The highest BCUT2D eigenvalue weighted by Gasteiger charge is 2.14. The first-order valence-electron chi connectivity index (χ1n) is 8.00. The minimum absolute atomic E-state index is 0.00682. The monoisotopic (exact) mass is 401 g/mol. The van der Waals surface area contributed by atoms with E-state index in [2.05, 4.69) is 15.5 Å². The van der Waals surface area contributed by atoms with Crippen molar-refractivity contribution in [1.82, 2.24) is 10.2 Å². The van der Waals surface area contributed by atoms with E-state index in [0.717, 1.165) is 0 Å². The van der Waals surface area contributed by atoms with Crippen molar-refractivity contribution in [3.8, 4) is 11.6 Å². The van der Waals surface area contributed by atoms with E-state index in [1.807, 2.05) is 27.7 Å². The largest absolute Gasteiger partial charge is 0.480 e. The van der Waals surface area contributed by atoms with Gasteiger partial charge >= 0.3 is 5.97 Å². The number of carboxylic acid groups (broad SMARTS) is 1. The number of hydrogen-bond donors (Lipinski definition) is 3. The van der Waals surface area contributed by atoms with Gasteiger partial charge in [0, 0.05) is 17.3 Å². The summed E-state index contributed by atoms with van der Waals surface area (Å²) in [6.07, 6.45) is 0. The number of aromatic amines is 1. The Balaban J connectivity index is 0.00000163. The van der Waals surface area contributed by atoms with Crippen molar-refractivity contribution >= 4 is 34.9 Å². The van der Waals surface area contributed by atoms with Crippen LogP contribution in [-0.2, 0) is 4.79 Å². The molecule has 0 spiro atoms. The molecular weight excluding hydrogens is 381 g/mol. The lowest BCUT2D eigenvalue weighted by Gasteiger charge is -2.12. The summed E-state index contributed by atoms with van der Waals surface area (Å²) in [6.45, 7) is 7.47. The Hall–Kier alpha value is -2.25. The lowest BCUT2D eigenvalue weighted by atomic mass is 10.1. The summed E-state index contributed by atoms with van der Waals surface area (Å²) >= 11 is 12.3. The van der Waals surface area contributed by atoms with Crippen LogP contribution in [0.15, 0.2) is 23.0 Å². The average molecular weight is 402 g/mol. The van der Waals surface area contributed by atoms with E-state index in [9.17, 15) is 9.59 Å². The number of nitrogens with zero attached hydrogens (tertiary/aromatic N) is 1. The van der Waals surface area contributed by atoms with Crippen molar-refractivity contribution in [3.63, 3.8) is 0 Å². The summed E-state index contributed by atoms with van der Waals surface area (Å²) in [5, 5.41) is 17.8. The van der Waals surface area contributed by atoms with E-state index in [1.54, 1.807) is 0 Å². The quantitative estimate of drug-likeness (QED) is 0.657. The number of halogens is 2. The van der Waals surface area contributed by atoms with Crippen LogP contribution in [0.5, 0.6) is 11.6 Å². The molecule has 7 nitrogen and oxygen atoms in total. The van der Waals surface area contributed by atoms with Gasteiger partial charge in [-0.1, -0.05) is 50.9 Å². The molecule has 1 heterocycles. The molecule has 0 bridgehead atoms. The lowest BCUT2D eigenvalue weighted by Crippen LogP contribution is -2.15. The molecule has 0 atom stereocenters. The molecule has 142 valence electrons. The minimum Gasteiger partial charge on any atom is -0.480 e. The summed E-state index contributed by atoms with van der Waals surface area (Å²) in [6, 6.07) is 4.49. The summed E-state index contributed by atoms with van der Waals surface area (Å²) in [4.78, 5) is 22.3. The smallest absolute Gasteiger partial charge is 0.322 e. The molecule has 3 N–H and O–H groups in total. The van der Waals surface area contributed by atoms with Crippen molar-refractivity contribution in [1.29, 1.82) is 0 Å². The highest BCUT2D eigenvalue weighted by molar-refractivity contribution is 6.37. The van der Waals surface area contributed by atoms with Gasteiger partial charge in [0.2, 0.25) is 5.88 Å². The fourth-order valence-corrected chi connectivity index (χ4v) is 2.49. The summed E-state index contributed by atoms with van der Waals surface area (Å²) in [7, 11) is 0. The highest BCUT2D eigenvalue weighted by atomic mass is 35.5. The molecular formula is C17H21Cl2N3O4. The van der Waals surface area contributed by atoms with E-state index in [1.165, 1.54) is 18.2 Å². The van der Waals surface area contributed by atoms with Crippen LogP contribution in [0.4, 0.5) is 5.69 Å². The second kappa shape index (κ2) is 10.0. The molecule has 0 amide bonds. The van der Waals surface area contributed by atoms with Crippen LogP contribution >= 0.6 is 23.2 Å². The molecule has 26 heavy (non-hydrogen) atoms. The summed E-state index contributed by atoms with van der Waals surface area (Å²) in [5.74, 6) is -0.712. The summed E-state index contributed by atoms with van der Waals surface area (Å²) in [5.41, 5.74) is 0.673. The molecule has 0 aliphatic carbocycles. The number of H-pyrrole nitrogens is 1. The van der Waals surface area contributed by atoms with Crippen molar-refractivity contribution in [2.24, 2.45) is 0 Å². The van der Waals surface area contributed by atoms with Gasteiger partial charge in [-0.15, -0.1) is 5.10 Å². The first-order chi connectivity index (χ1) is 12.3. The molecule has 2 rings (SSSR count). The van der Waals surface area contributed by atoms with Crippen LogP contribution in [-0.4, -0.2) is 27.8 Å². The number of rotatable bonds is 6. The SMILES string of the molecule is CC.CC(C)c1cc(Oc2c(Cl)cc(NCC(=O)O)cc2Cl)n[nH]c1=O. The van der Waals surface area contributed by atoms with Gasteiger partial charge in [-0.25, -0.2) is 5.10 Å². The standard InChI is InChI=1S/C15H15Cl2N3O4.C2H6/c1-7(2)9-5-12(19-20-15(9)23)24-14-10(16)3-8(4-11(14)17)18-6-13(21)22;1-2/h3-5,7,18H,6H2,1-2H3,(H,20,23)(H,21,22);1-2H3. The molecule has 0 aliphatic heterocycles. The number of aliphatic carboxylic acids is 1. The zero-order valence-corrected chi connectivity index (χ0v) is 16.4. The Bertz CT molecular complexity index is 799.